The van der Waals surface area contributed by atoms with Gasteiger partial charge in [-0.05, 0) is 11.3 Å². The van der Waals surface area contributed by atoms with Crippen molar-refractivity contribution in [1.29, 1.82) is 0 Å². The van der Waals surface area contributed by atoms with Crippen LogP contribution in [0.1, 0.15) is 39.5 Å². The number of nitrogens with two attached hydrogens (primary N) is 1. The third-order valence-electron chi connectivity index (χ3n) is 2.27. The number of aromatic nitrogens is 1. The van der Waals surface area contributed by atoms with Gasteiger partial charge in [-0.2, -0.15) is 0 Å². The van der Waals surface area contributed by atoms with Gasteiger partial charge in [0.15, 0.2) is 5.13 Å². The minimum Gasteiger partial charge on any atom is -0.375 e. The van der Waals surface area contributed by atoms with Crippen LogP contribution >= 0.6 is 23.7 Å². The molecule has 3 nitrogen and oxygen atoms in total. The number of anilines is 1. The quantitative estimate of drug-likeness (QED) is 0.900. The van der Waals surface area contributed by atoms with Gasteiger partial charge in [-0.15, -0.1) is 23.7 Å². The van der Waals surface area contributed by atoms with Gasteiger partial charge in [-0.1, -0.05) is 34.6 Å². The summed E-state index contributed by atoms with van der Waals surface area (Å²) in [6.45, 7) is 14.5. The lowest BCUT2D eigenvalue weighted by atomic mass is 9.95. The summed E-state index contributed by atoms with van der Waals surface area (Å²) in [4.78, 5) is 7.87. The Morgan fingerprint density at radius 1 is 1.39 bits per heavy atom. The van der Waals surface area contributed by atoms with Crippen molar-refractivity contribution in [1.82, 2.24) is 9.88 Å². The molecule has 0 atom stereocenters. The van der Waals surface area contributed by atoms with E-state index in [9.17, 15) is 0 Å². The van der Waals surface area contributed by atoms with Crippen molar-refractivity contribution in [3.63, 3.8) is 0 Å². The molecule has 0 aromatic carbocycles. The maximum Gasteiger partial charge on any atom is 0.180 e. The largest absolute Gasteiger partial charge is 0.375 e. The molecule has 0 saturated carbocycles. The second-order valence-electron chi connectivity index (χ2n) is 6.29. The summed E-state index contributed by atoms with van der Waals surface area (Å²) in [6, 6.07) is 0. The van der Waals surface area contributed by atoms with Gasteiger partial charge >= 0.3 is 0 Å². The number of hydrogen-bond acceptors (Lipinski definition) is 4. The van der Waals surface area contributed by atoms with E-state index in [4.69, 9.17) is 5.73 Å². The molecule has 1 rings (SSSR count). The van der Waals surface area contributed by atoms with Crippen molar-refractivity contribution in [3.05, 3.63) is 11.1 Å². The van der Waals surface area contributed by atoms with Gasteiger partial charge in [0, 0.05) is 30.7 Å². The Hall–Kier alpha value is -0.320. The fraction of sp³-hybridized carbons (Fsp3) is 0.769. The summed E-state index contributed by atoms with van der Waals surface area (Å²) in [5, 5.41) is 0.667. The number of rotatable bonds is 5. The molecule has 106 valence electrons. The predicted molar refractivity (Wildman–Crippen MR) is 83.3 cm³/mol. The molecule has 0 bridgehead atoms. The lowest BCUT2D eigenvalue weighted by Gasteiger charge is -2.30. The standard InChI is InChI=1S/C13H25N3S.ClH/c1-10(2)7-16(9-13(3,4)5)8-11-6-15-12(14)17-11;/h6,10H,7-9H2,1-5H3,(H2,14,15);1H. The van der Waals surface area contributed by atoms with Gasteiger partial charge in [0.25, 0.3) is 0 Å². The van der Waals surface area contributed by atoms with Crippen LogP contribution < -0.4 is 5.73 Å². The van der Waals surface area contributed by atoms with Crippen LogP contribution in [0.2, 0.25) is 0 Å². The van der Waals surface area contributed by atoms with Crippen molar-refractivity contribution < 1.29 is 0 Å². The van der Waals surface area contributed by atoms with E-state index in [1.807, 2.05) is 6.20 Å². The van der Waals surface area contributed by atoms with Gasteiger partial charge in [0.05, 0.1) is 0 Å². The van der Waals surface area contributed by atoms with Crippen LogP contribution in [-0.2, 0) is 6.54 Å². The fourth-order valence-electron chi connectivity index (χ4n) is 1.99. The highest BCUT2D eigenvalue weighted by molar-refractivity contribution is 7.15. The molecule has 0 spiro atoms. The van der Waals surface area contributed by atoms with E-state index in [-0.39, 0.29) is 12.4 Å². The van der Waals surface area contributed by atoms with E-state index in [1.54, 1.807) is 11.3 Å². The molecule has 0 radical (unpaired) electrons. The van der Waals surface area contributed by atoms with Crippen LogP contribution in [0.3, 0.4) is 0 Å². The normalized spacial score (nSPS) is 11.9. The van der Waals surface area contributed by atoms with E-state index in [0.29, 0.717) is 16.5 Å². The van der Waals surface area contributed by atoms with Gasteiger partial charge in [0.2, 0.25) is 0 Å². The first-order valence-electron chi connectivity index (χ1n) is 6.19. The van der Waals surface area contributed by atoms with Gasteiger partial charge < -0.3 is 5.73 Å². The van der Waals surface area contributed by atoms with E-state index in [0.717, 1.165) is 19.6 Å². The Bertz CT molecular complexity index is 344. The average molecular weight is 292 g/mol. The van der Waals surface area contributed by atoms with Crippen molar-refractivity contribution in [2.24, 2.45) is 11.3 Å². The van der Waals surface area contributed by atoms with Crippen LogP contribution in [-0.4, -0.2) is 23.0 Å². The van der Waals surface area contributed by atoms with Gasteiger partial charge in [-0.25, -0.2) is 4.98 Å². The summed E-state index contributed by atoms with van der Waals surface area (Å²) in [7, 11) is 0. The molecule has 0 aliphatic carbocycles. The summed E-state index contributed by atoms with van der Waals surface area (Å²) < 4.78 is 0. The van der Waals surface area contributed by atoms with E-state index in [2.05, 4.69) is 44.5 Å². The summed E-state index contributed by atoms with van der Waals surface area (Å²) in [6.07, 6.45) is 1.90. The molecule has 5 heteroatoms. The molecule has 1 aromatic heterocycles. The number of nitrogens with zero attached hydrogens (tertiary/aromatic N) is 2. The molecular formula is C13H26ClN3S. The van der Waals surface area contributed by atoms with E-state index < -0.39 is 0 Å². The maximum atomic E-state index is 5.67. The van der Waals surface area contributed by atoms with Gasteiger partial charge in [0.1, 0.15) is 0 Å². The van der Waals surface area contributed by atoms with E-state index >= 15 is 0 Å². The molecule has 0 saturated heterocycles. The lowest BCUT2D eigenvalue weighted by Crippen LogP contribution is -2.34. The molecule has 1 aromatic rings. The van der Waals surface area contributed by atoms with Crippen molar-refractivity contribution in [2.75, 3.05) is 18.8 Å². The Morgan fingerprint density at radius 3 is 2.39 bits per heavy atom. The topological polar surface area (TPSA) is 42.2 Å². The zero-order valence-corrected chi connectivity index (χ0v) is 13.7. The highest BCUT2D eigenvalue weighted by Crippen LogP contribution is 2.21. The second-order valence-corrected chi connectivity index (χ2v) is 7.44. The Morgan fingerprint density at radius 2 is 2.00 bits per heavy atom. The first kappa shape index (κ1) is 17.7. The van der Waals surface area contributed by atoms with Crippen LogP contribution in [0.5, 0.6) is 0 Å². The van der Waals surface area contributed by atoms with Crippen molar-refractivity contribution in [2.45, 2.75) is 41.2 Å². The highest BCUT2D eigenvalue weighted by Gasteiger charge is 2.18. The van der Waals surface area contributed by atoms with Crippen LogP contribution in [0.25, 0.3) is 0 Å². The zero-order chi connectivity index (χ0) is 13.1. The third kappa shape index (κ3) is 7.19. The Balaban J connectivity index is 0.00000289. The molecule has 1 heterocycles. The Labute approximate surface area is 121 Å². The van der Waals surface area contributed by atoms with Crippen molar-refractivity contribution in [3.8, 4) is 0 Å². The summed E-state index contributed by atoms with van der Waals surface area (Å²) in [5.74, 6) is 0.683. The third-order valence-corrected chi connectivity index (χ3v) is 3.08. The van der Waals surface area contributed by atoms with Crippen LogP contribution in [0.4, 0.5) is 5.13 Å². The van der Waals surface area contributed by atoms with Crippen LogP contribution in [0.15, 0.2) is 6.20 Å². The number of nitrogen functional groups attached to an aromatic ring is 1. The fourth-order valence-corrected chi connectivity index (χ4v) is 2.71. The minimum atomic E-state index is 0. The summed E-state index contributed by atoms with van der Waals surface area (Å²) in [5.41, 5.74) is 6.00. The molecule has 0 amide bonds. The lowest BCUT2D eigenvalue weighted by molar-refractivity contribution is 0.168. The highest BCUT2D eigenvalue weighted by atomic mass is 35.5. The Kier molecular flexibility index (Phi) is 7.18. The summed E-state index contributed by atoms with van der Waals surface area (Å²) >= 11 is 1.59. The minimum absolute atomic E-state index is 0. The first-order valence-corrected chi connectivity index (χ1v) is 7.00. The van der Waals surface area contributed by atoms with Crippen LogP contribution in [0, 0.1) is 11.3 Å². The van der Waals surface area contributed by atoms with E-state index in [1.165, 1.54) is 4.88 Å². The zero-order valence-electron chi connectivity index (χ0n) is 12.1. The smallest absolute Gasteiger partial charge is 0.180 e. The molecule has 2 N–H and O–H groups in total. The van der Waals surface area contributed by atoms with Crippen molar-refractivity contribution >= 4 is 28.9 Å². The molecule has 0 aliphatic rings. The number of halogens is 1. The van der Waals surface area contributed by atoms with Gasteiger partial charge in [-0.3, -0.25) is 4.90 Å². The average Bonchev–Trinajstić information content (AvgIpc) is 2.46. The SMILES string of the molecule is CC(C)CN(Cc1cnc(N)s1)CC(C)(C)C.Cl. The monoisotopic (exact) mass is 291 g/mol. The maximum absolute atomic E-state index is 5.67. The molecule has 0 aliphatic heterocycles. The molecule has 18 heavy (non-hydrogen) atoms. The predicted octanol–water partition coefficient (Wildman–Crippen LogP) is 3.65. The number of thiazole rings is 1. The molecular weight excluding hydrogens is 266 g/mol. The first-order chi connectivity index (χ1) is 7.76. The second kappa shape index (κ2) is 7.31. The molecule has 0 fully saturated rings. The number of hydrogen-bond donors (Lipinski definition) is 1. The molecule has 0 unspecified atom stereocenters.